The fourth-order valence-corrected chi connectivity index (χ4v) is 2.78. The molecule has 10 heteroatoms. The molecule has 0 saturated heterocycles. The first-order valence-corrected chi connectivity index (χ1v) is 8.86. The quantitative estimate of drug-likeness (QED) is 0.581. The third-order valence-corrected chi connectivity index (χ3v) is 4.15. The maximum Gasteiger partial charge on any atom is 0.434 e. The Morgan fingerprint density at radius 2 is 1.82 bits per heavy atom. The minimum atomic E-state index is -4.47. The molecule has 2 aromatic heterocycles. The van der Waals surface area contributed by atoms with Gasteiger partial charge in [-0.05, 0) is 24.1 Å². The number of hydrogen-bond acceptors (Lipinski definition) is 5. The molecule has 28 heavy (non-hydrogen) atoms. The number of halogens is 4. The lowest BCUT2D eigenvalue weighted by atomic mass is 10.1. The van der Waals surface area contributed by atoms with E-state index in [4.69, 9.17) is 11.6 Å². The summed E-state index contributed by atoms with van der Waals surface area (Å²) in [5.74, 6) is 0.827. The highest BCUT2D eigenvalue weighted by Gasteiger charge is 2.34. The van der Waals surface area contributed by atoms with Gasteiger partial charge in [0.15, 0.2) is 11.5 Å². The van der Waals surface area contributed by atoms with Gasteiger partial charge in [-0.3, -0.25) is 0 Å². The van der Waals surface area contributed by atoms with Crippen molar-refractivity contribution in [1.29, 1.82) is 0 Å². The summed E-state index contributed by atoms with van der Waals surface area (Å²) in [7, 11) is 1.54. The van der Waals surface area contributed by atoms with Crippen LogP contribution in [0, 0.1) is 0 Å². The van der Waals surface area contributed by atoms with Crippen LogP contribution in [0.15, 0.2) is 36.7 Å². The standard InChI is InChI=1S/C18H18ClF3N6/c1-3-23-13-9-25-17(19)27-15(13)24-8-11-4-6-12(7-5-11)16-26-14(10-28(16)2)18(20,21)22/h4-7,9-10,23H,3,8H2,1-2H3,(H,24,25,27). The average molecular weight is 411 g/mol. The van der Waals surface area contributed by atoms with E-state index in [0.717, 1.165) is 17.4 Å². The SMILES string of the molecule is CCNc1cnc(Cl)nc1NCc1ccc(-c2nc(C(F)(F)F)cn2C)cc1. The van der Waals surface area contributed by atoms with Gasteiger partial charge < -0.3 is 15.2 Å². The van der Waals surface area contributed by atoms with Gasteiger partial charge in [0.25, 0.3) is 0 Å². The van der Waals surface area contributed by atoms with Crippen LogP contribution in [0.4, 0.5) is 24.7 Å². The van der Waals surface area contributed by atoms with Gasteiger partial charge in [-0.25, -0.2) is 9.97 Å². The number of imidazole rings is 1. The largest absolute Gasteiger partial charge is 0.434 e. The number of rotatable bonds is 6. The zero-order chi connectivity index (χ0) is 20.3. The average Bonchev–Trinajstić information content (AvgIpc) is 3.05. The first kappa shape index (κ1) is 19.9. The molecule has 6 nitrogen and oxygen atoms in total. The molecular formula is C18H18ClF3N6. The topological polar surface area (TPSA) is 67.7 Å². The predicted octanol–water partition coefficient (Wildman–Crippen LogP) is 4.59. The summed E-state index contributed by atoms with van der Waals surface area (Å²) in [5, 5.41) is 6.46. The Hall–Kier alpha value is -2.81. The first-order chi connectivity index (χ1) is 13.3. The summed E-state index contributed by atoms with van der Waals surface area (Å²) in [5.41, 5.74) is 1.34. The van der Waals surface area contributed by atoms with E-state index in [2.05, 4.69) is 25.6 Å². The van der Waals surface area contributed by atoms with Crippen LogP contribution in [0.3, 0.4) is 0 Å². The van der Waals surface area contributed by atoms with Crippen LogP contribution in [0.2, 0.25) is 5.28 Å². The summed E-state index contributed by atoms with van der Waals surface area (Å²) in [6, 6.07) is 7.11. The van der Waals surface area contributed by atoms with Crippen LogP contribution in [0.1, 0.15) is 18.2 Å². The number of aromatic nitrogens is 4. The van der Waals surface area contributed by atoms with Gasteiger partial charge in [0.1, 0.15) is 5.82 Å². The highest BCUT2D eigenvalue weighted by atomic mass is 35.5. The lowest BCUT2D eigenvalue weighted by Gasteiger charge is -2.12. The maximum atomic E-state index is 12.8. The van der Waals surface area contributed by atoms with E-state index in [1.165, 1.54) is 11.6 Å². The van der Waals surface area contributed by atoms with E-state index in [9.17, 15) is 13.2 Å². The van der Waals surface area contributed by atoms with Crippen molar-refractivity contribution < 1.29 is 13.2 Å². The first-order valence-electron chi connectivity index (χ1n) is 8.48. The number of nitrogens with zero attached hydrogens (tertiary/aromatic N) is 4. The lowest BCUT2D eigenvalue weighted by Crippen LogP contribution is -2.07. The Bertz CT molecular complexity index is 953. The molecule has 0 aliphatic heterocycles. The third-order valence-electron chi connectivity index (χ3n) is 3.97. The van der Waals surface area contributed by atoms with E-state index >= 15 is 0 Å². The van der Waals surface area contributed by atoms with Gasteiger partial charge >= 0.3 is 6.18 Å². The third kappa shape index (κ3) is 4.53. The number of nitrogens with one attached hydrogen (secondary N) is 2. The smallest absolute Gasteiger partial charge is 0.381 e. The summed E-state index contributed by atoms with van der Waals surface area (Å²) in [6.07, 6.45) is -1.89. The van der Waals surface area contributed by atoms with E-state index in [0.29, 0.717) is 24.5 Å². The van der Waals surface area contributed by atoms with Gasteiger partial charge in [-0.15, -0.1) is 0 Å². The lowest BCUT2D eigenvalue weighted by molar-refractivity contribution is -0.140. The van der Waals surface area contributed by atoms with Crippen molar-refractivity contribution in [2.75, 3.05) is 17.2 Å². The van der Waals surface area contributed by atoms with Crippen molar-refractivity contribution in [3.63, 3.8) is 0 Å². The molecule has 0 unspecified atom stereocenters. The van der Waals surface area contributed by atoms with Crippen molar-refractivity contribution in [2.24, 2.45) is 7.05 Å². The summed E-state index contributed by atoms with van der Waals surface area (Å²) in [4.78, 5) is 11.8. The van der Waals surface area contributed by atoms with E-state index in [1.807, 2.05) is 19.1 Å². The van der Waals surface area contributed by atoms with Crippen LogP contribution in [-0.4, -0.2) is 26.1 Å². The van der Waals surface area contributed by atoms with Gasteiger partial charge in [-0.2, -0.15) is 18.2 Å². The summed E-state index contributed by atoms with van der Waals surface area (Å²) in [6.45, 7) is 3.12. The van der Waals surface area contributed by atoms with Crippen molar-refractivity contribution in [1.82, 2.24) is 19.5 Å². The second kappa shape index (κ2) is 8.05. The van der Waals surface area contributed by atoms with Gasteiger partial charge in [0.05, 0.1) is 11.9 Å². The Balaban J connectivity index is 1.74. The molecule has 0 bridgehead atoms. The number of alkyl halides is 3. The van der Waals surface area contributed by atoms with Crippen LogP contribution >= 0.6 is 11.6 Å². The second-order valence-corrected chi connectivity index (χ2v) is 6.38. The number of anilines is 2. The molecule has 0 atom stereocenters. The molecule has 148 valence electrons. The molecule has 0 amide bonds. The zero-order valence-corrected chi connectivity index (χ0v) is 15.9. The van der Waals surface area contributed by atoms with Crippen LogP contribution in [0.5, 0.6) is 0 Å². The monoisotopic (exact) mass is 410 g/mol. The fraction of sp³-hybridized carbons (Fsp3) is 0.278. The highest BCUT2D eigenvalue weighted by Crippen LogP contribution is 2.30. The van der Waals surface area contributed by atoms with E-state index in [1.54, 1.807) is 18.3 Å². The molecule has 1 aromatic carbocycles. The molecule has 0 fully saturated rings. The molecule has 2 heterocycles. The molecule has 3 aromatic rings. The van der Waals surface area contributed by atoms with Gasteiger partial charge in [0, 0.05) is 31.9 Å². The molecule has 0 aliphatic carbocycles. The van der Waals surface area contributed by atoms with Crippen molar-refractivity contribution in [2.45, 2.75) is 19.6 Å². The van der Waals surface area contributed by atoms with Gasteiger partial charge in [0.2, 0.25) is 5.28 Å². The Labute approximate surface area is 164 Å². The van der Waals surface area contributed by atoms with E-state index in [-0.39, 0.29) is 11.1 Å². The molecule has 0 spiro atoms. The van der Waals surface area contributed by atoms with Crippen LogP contribution in [-0.2, 0) is 19.8 Å². The van der Waals surface area contributed by atoms with Crippen molar-refractivity contribution in [3.8, 4) is 11.4 Å². The molecule has 3 rings (SSSR count). The van der Waals surface area contributed by atoms with Crippen molar-refractivity contribution >= 4 is 23.1 Å². The Morgan fingerprint density at radius 1 is 1.11 bits per heavy atom. The normalized spacial score (nSPS) is 11.5. The minimum absolute atomic E-state index is 0.134. The van der Waals surface area contributed by atoms with Crippen LogP contribution in [0.25, 0.3) is 11.4 Å². The Morgan fingerprint density at radius 3 is 2.43 bits per heavy atom. The zero-order valence-electron chi connectivity index (χ0n) is 15.2. The minimum Gasteiger partial charge on any atom is -0.381 e. The maximum absolute atomic E-state index is 12.8. The summed E-state index contributed by atoms with van der Waals surface area (Å²) < 4.78 is 39.9. The number of aryl methyl sites for hydroxylation is 1. The fourth-order valence-electron chi connectivity index (χ4n) is 2.64. The number of benzene rings is 1. The number of hydrogen-bond donors (Lipinski definition) is 2. The van der Waals surface area contributed by atoms with Gasteiger partial charge in [-0.1, -0.05) is 24.3 Å². The Kier molecular flexibility index (Phi) is 5.73. The van der Waals surface area contributed by atoms with Crippen molar-refractivity contribution in [3.05, 3.63) is 53.2 Å². The predicted molar refractivity (Wildman–Crippen MR) is 102 cm³/mol. The molecule has 0 aliphatic rings. The molecule has 0 radical (unpaired) electrons. The second-order valence-electron chi connectivity index (χ2n) is 6.04. The highest BCUT2D eigenvalue weighted by molar-refractivity contribution is 6.28. The van der Waals surface area contributed by atoms with E-state index < -0.39 is 11.9 Å². The van der Waals surface area contributed by atoms with Crippen LogP contribution < -0.4 is 10.6 Å². The summed E-state index contributed by atoms with van der Waals surface area (Å²) >= 11 is 5.86. The molecular weight excluding hydrogens is 393 g/mol. The molecule has 2 N–H and O–H groups in total. The molecule has 0 saturated carbocycles.